The molecule has 8 nitrogen and oxygen atoms in total. The number of rotatable bonds is 6. The third kappa shape index (κ3) is 8.04. The number of carboxylic acid groups (broad SMARTS) is 2. The molecule has 0 saturated carbocycles. The average molecular weight is 781 g/mol. The van der Waals surface area contributed by atoms with Gasteiger partial charge in [-0.15, -0.1) is 0 Å². The van der Waals surface area contributed by atoms with Gasteiger partial charge in [0.25, 0.3) is 12.9 Å². The van der Waals surface area contributed by atoms with E-state index in [1.54, 1.807) is 72.8 Å². The highest BCUT2D eigenvalue weighted by Crippen LogP contribution is 2.51. The van der Waals surface area contributed by atoms with Gasteiger partial charge < -0.3 is 19.7 Å². The molecule has 0 heterocycles. The molecule has 3 aliphatic carbocycles. The Morgan fingerprint density at radius 3 is 1.58 bits per heavy atom. The largest absolute Gasteiger partial charge is 0.478 e. The summed E-state index contributed by atoms with van der Waals surface area (Å²) in [6.45, 7) is 0.744. The smallest absolute Gasteiger partial charge is 0.335 e. The van der Waals surface area contributed by atoms with Crippen LogP contribution in [0.2, 0.25) is 0 Å². The molecule has 0 saturated heterocycles. The summed E-state index contributed by atoms with van der Waals surface area (Å²) >= 11 is 0. The van der Waals surface area contributed by atoms with Crippen LogP contribution in [-0.2, 0) is 16.0 Å². The first kappa shape index (κ1) is 38.1. The summed E-state index contributed by atoms with van der Waals surface area (Å²) in [5, 5.41) is 18.8. The highest BCUT2D eigenvalue weighted by atomic mass is 16.5. The van der Waals surface area contributed by atoms with Gasteiger partial charge in [-0.25, -0.2) is 9.59 Å². The molecule has 0 spiro atoms. The van der Waals surface area contributed by atoms with E-state index in [1.807, 2.05) is 18.2 Å². The van der Waals surface area contributed by atoms with Gasteiger partial charge in [-0.1, -0.05) is 65.6 Å². The highest BCUT2D eigenvalue weighted by Gasteiger charge is 2.37. The predicted octanol–water partition coefficient (Wildman–Crippen LogP) is 7.89. The number of hydrogen-bond donors (Lipinski definition) is 2. The van der Waals surface area contributed by atoms with Gasteiger partial charge in [0, 0.05) is 50.4 Å². The summed E-state index contributed by atoms with van der Waals surface area (Å²) in [6, 6.07) is 28.6. The molecule has 8 rings (SSSR count). The molecule has 1 atom stereocenters. The number of ether oxygens (including phenoxy) is 2. The van der Waals surface area contributed by atoms with Gasteiger partial charge in [-0.3, -0.25) is 9.59 Å². The van der Waals surface area contributed by atoms with Gasteiger partial charge in [0.15, 0.2) is 0 Å². The third-order valence-corrected chi connectivity index (χ3v) is 10.0. The zero-order valence-electron chi connectivity index (χ0n) is 31.4. The average Bonchev–Trinajstić information content (AvgIpc) is 3.27. The molecule has 0 fully saturated rings. The summed E-state index contributed by atoms with van der Waals surface area (Å²) in [5.74, 6) is 25.0. The molecule has 2 N–H and O–H groups in total. The van der Waals surface area contributed by atoms with Crippen molar-refractivity contribution in [1.82, 2.24) is 0 Å². The van der Waals surface area contributed by atoms with Crippen molar-refractivity contribution in [1.29, 1.82) is 0 Å². The second kappa shape index (κ2) is 16.7. The molecule has 1 unspecified atom stereocenters. The number of allylic oxidation sites excluding steroid dienone is 7. The zero-order chi connectivity index (χ0) is 41.6. The minimum Gasteiger partial charge on any atom is -0.478 e. The lowest BCUT2D eigenvalue weighted by Crippen LogP contribution is -2.22. The number of benzene rings is 5. The lowest BCUT2D eigenvalue weighted by molar-refractivity contribution is -0.121. The monoisotopic (exact) mass is 780 g/mol. The molecule has 284 valence electrons. The molecule has 5 aromatic carbocycles. The van der Waals surface area contributed by atoms with Crippen molar-refractivity contribution in [2.75, 3.05) is 0 Å². The zero-order valence-corrected chi connectivity index (χ0v) is 31.4. The van der Waals surface area contributed by atoms with Gasteiger partial charge in [0.1, 0.15) is 11.5 Å². The molecule has 5 aromatic rings. The van der Waals surface area contributed by atoms with Crippen LogP contribution in [0.15, 0.2) is 144 Å². The van der Waals surface area contributed by atoms with E-state index in [9.17, 15) is 29.4 Å². The van der Waals surface area contributed by atoms with E-state index in [2.05, 4.69) is 59.5 Å². The minimum absolute atomic E-state index is 0.165. The van der Waals surface area contributed by atoms with E-state index in [-0.39, 0.29) is 17.0 Å². The van der Waals surface area contributed by atoms with Crippen LogP contribution >= 0.6 is 0 Å². The molecule has 0 aliphatic heterocycles. The molecule has 8 heteroatoms. The van der Waals surface area contributed by atoms with Crippen molar-refractivity contribution < 1.29 is 38.9 Å². The van der Waals surface area contributed by atoms with Crippen molar-refractivity contribution in [2.45, 2.75) is 12.3 Å². The van der Waals surface area contributed by atoms with Crippen molar-refractivity contribution >= 4 is 31.0 Å². The second-order valence-corrected chi connectivity index (χ2v) is 13.6. The quantitative estimate of drug-likeness (QED) is 0.132. The van der Waals surface area contributed by atoms with Crippen molar-refractivity contribution in [2.24, 2.45) is 0 Å². The van der Waals surface area contributed by atoms with Crippen LogP contribution in [0.5, 0.6) is 11.5 Å². The Kier molecular flexibility index (Phi) is 10.6. The summed E-state index contributed by atoms with van der Waals surface area (Å²) < 4.78 is 9.90. The Morgan fingerprint density at radius 1 is 0.583 bits per heavy atom. The molecule has 0 radical (unpaired) electrons. The highest BCUT2D eigenvalue weighted by molar-refractivity contribution is 5.88. The normalized spacial score (nSPS) is 13.7. The standard InChI is InChI=1S/C52H28O8/c53-31-59-43-21-9-35(10-22-43)7-19-41-29-39(17-5-33-1-13-37(14-2-33)51(55)56)45-25-26-46-40(18-6-34-3-15-38(16-4-34)52(57)58)30-42(48-28-27-47(41)49(45)50(46)48)20-8-36-11-23-44(24-12-36)60-32-54/h1-4,9-16,21-27,29-32,49H,28H2,(H,55,56)(H,57,58). The van der Waals surface area contributed by atoms with Gasteiger partial charge in [-0.05, 0) is 143 Å². The predicted molar refractivity (Wildman–Crippen MR) is 224 cm³/mol. The summed E-state index contributed by atoms with van der Waals surface area (Å²) in [4.78, 5) is 44.6. The molecule has 0 bridgehead atoms. The van der Waals surface area contributed by atoms with Gasteiger partial charge in [0.2, 0.25) is 0 Å². The van der Waals surface area contributed by atoms with E-state index in [0.29, 0.717) is 47.6 Å². The summed E-state index contributed by atoms with van der Waals surface area (Å²) in [6.07, 6.45) is 8.82. The number of carboxylic acids is 2. The summed E-state index contributed by atoms with van der Waals surface area (Å²) in [7, 11) is 0. The first-order chi connectivity index (χ1) is 29.3. The Balaban J connectivity index is 1.29. The molecule has 60 heavy (non-hydrogen) atoms. The van der Waals surface area contributed by atoms with Crippen LogP contribution in [0.4, 0.5) is 0 Å². The van der Waals surface area contributed by atoms with Gasteiger partial charge in [-0.2, -0.15) is 0 Å². The fourth-order valence-corrected chi connectivity index (χ4v) is 7.12. The van der Waals surface area contributed by atoms with Gasteiger partial charge in [0.05, 0.1) is 11.1 Å². The number of hydrogen-bond acceptors (Lipinski definition) is 6. The van der Waals surface area contributed by atoms with Gasteiger partial charge >= 0.3 is 11.9 Å². The van der Waals surface area contributed by atoms with Crippen LogP contribution in [-0.4, -0.2) is 35.1 Å². The first-order valence-corrected chi connectivity index (χ1v) is 18.5. The maximum Gasteiger partial charge on any atom is 0.335 e. The van der Waals surface area contributed by atoms with E-state index < -0.39 is 11.9 Å². The van der Waals surface area contributed by atoms with Crippen molar-refractivity contribution in [3.05, 3.63) is 205 Å². The summed E-state index contributed by atoms with van der Waals surface area (Å²) in [5.41, 5.74) is 11.0. The Morgan fingerprint density at radius 2 is 1.07 bits per heavy atom. The van der Waals surface area contributed by atoms with Crippen LogP contribution in [0.25, 0.3) is 6.08 Å². The van der Waals surface area contributed by atoms with Crippen LogP contribution < -0.4 is 9.47 Å². The second-order valence-electron chi connectivity index (χ2n) is 13.6. The third-order valence-electron chi connectivity index (χ3n) is 10.0. The topological polar surface area (TPSA) is 127 Å². The molecular weight excluding hydrogens is 753 g/mol. The van der Waals surface area contributed by atoms with E-state index in [4.69, 9.17) is 9.47 Å². The Hall–Kier alpha value is -8.82. The van der Waals surface area contributed by atoms with E-state index in [0.717, 1.165) is 55.7 Å². The Labute approximate surface area is 344 Å². The Bertz CT molecular complexity index is 3020. The fraction of sp³-hybridized carbons (Fsp3) is 0.0385. The van der Waals surface area contributed by atoms with Crippen LogP contribution in [0.1, 0.15) is 76.7 Å². The lowest BCUT2D eigenvalue weighted by atomic mass is 9.66. The SMILES string of the molecule is O=COc1ccc(C#CC2=CC(C#Cc3ccc(C(=O)O)cc3)=C3C=Cc4c(C#Cc5ccc(C(=O)O)cc5)cc(C#Cc5ccc(OC=O)cc5)c5c4C3C2=CC5)cc1. The van der Waals surface area contributed by atoms with Crippen molar-refractivity contribution in [3.8, 4) is 58.9 Å². The van der Waals surface area contributed by atoms with Crippen molar-refractivity contribution in [3.63, 3.8) is 0 Å². The van der Waals surface area contributed by atoms with E-state index >= 15 is 0 Å². The fourth-order valence-electron chi connectivity index (χ4n) is 7.12. The maximum absolute atomic E-state index is 11.5. The minimum atomic E-state index is -1.02. The number of aromatic carboxylic acids is 2. The number of carbonyl (C=O) groups is 4. The molecule has 0 aromatic heterocycles. The van der Waals surface area contributed by atoms with E-state index in [1.165, 1.54) is 24.3 Å². The van der Waals surface area contributed by atoms with Crippen LogP contribution in [0, 0.1) is 47.4 Å². The molecule has 3 aliphatic rings. The first-order valence-electron chi connectivity index (χ1n) is 18.5. The lowest BCUT2D eigenvalue weighted by Gasteiger charge is -2.36. The molecular formula is C52H28O8. The molecule has 0 amide bonds. The van der Waals surface area contributed by atoms with Crippen LogP contribution in [0.3, 0.4) is 0 Å². The number of carbonyl (C=O) groups excluding carboxylic acids is 2. The maximum atomic E-state index is 11.5.